The Labute approximate surface area is 124 Å². The van der Waals surface area contributed by atoms with Crippen LogP contribution in [0.2, 0.25) is 0 Å². The first-order valence-electron chi connectivity index (χ1n) is 5.76. The van der Waals surface area contributed by atoms with E-state index < -0.39 is 0 Å². The highest BCUT2D eigenvalue weighted by atomic mass is 79.9. The van der Waals surface area contributed by atoms with Crippen LogP contribution in [-0.4, -0.2) is 36.1 Å². The number of carbonyl (C=O) groups excluding carboxylic acids is 1. The minimum Gasteiger partial charge on any atom is -0.377 e. The third kappa shape index (κ3) is 2.95. The van der Waals surface area contributed by atoms with Gasteiger partial charge in [-0.3, -0.25) is 4.79 Å². The topological polar surface area (TPSA) is 29.5 Å². The number of rotatable bonds is 1. The Balaban J connectivity index is 2.30. The lowest BCUT2D eigenvalue weighted by Crippen LogP contribution is -2.55. The van der Waals surface area contributed by atoms with Crippen LogP contribution in [-0.2, 0) is 4.74 Å². The highest BCUT2D eigenvalue weighted by molar-refractivity contribution is 9.11. The zero-order valence-electron chi connectivity index (χ0n) is 10.4. The second-order valence-electron chi connectivity index (χ2n) is 4.98. The fourth-order valence-electron chi connectivity index (χ4n) is 2.07. The van der Waals surface area contributed by atoms with E-state index in [0.717, 1.165) is 8.95 Å². The van der Waals surface area contributed by atoms with Gasteiger partial charge in [0, 0.05) is 21.1 Å². The summed E-state index contributed by atoms with van der Waals surface area (Å²) in [6.07, 6.45) is 0. The summed E-state index contributed by atoms with van der Waals surface area (Å²) in [6.45, 7) is 5.86. The van der Waals surface area contributed by atoms with Crippen LogP contribution in [0.25, 0.3) is 0 Å². The molecule has 0 N–H and O–H groups in total. The maximum atomic E-state index is 12.5. The van der Waals surface area contributed by atoms with Gasteiger partial charge in [-0.25, -0.2) is 0 Å². The van der Waals surface area contributed by atoms with Crippen LogP contribution in [0.5, 0.6) is 0 Å². The average molecular weight is 377 g/mol. The Morgan fingerprint density at radius 2 is 1.89 bits per heavy atom. The molecule has 1 saturated heterocycles. The fraction of sp³-hybridized carbons (Fsp3) is 0.462. The Bertz CT molecular complexity index is 454. The maximum Gasteiger partial charge on any atom is 0.254 e. The second kappa shape index (κ2) is 5.31. The second-order valence-corrected chi connectivity index (χ2v) is 6.81. The molecule has 0 saturated carbocycles. The number of amides is 1. The van der Waals surface area contributed by atoms with Gasteiger partial charge in [0.1, 0.15) is 0 Å². The van der Waals surface area contributed by atoms with Gasteiger partial charge >= 0.3 is 0 Å². The summed E-state index contributed by atoms with van der Waals surface area (Å²) < 4.78 is 7.23. The van der Waals surface area contributed by atoms with Crippen LogP contribution in [0.15, 0.2) is 27.1 Å². The molecule has 1 amide bonds. The minimum absolute atomic E-state index is 0.0466. The summed E-state index contributed by atoms with van der Waals surface area (Å²) in [4.78, 5) is 14.4. The van der Waals surface area contributed by atoms with E-state index in [1.165, 1.54) is 0 Å². The summed E-state index contributed by atoms with van der Waals surface area (Å²) in [5, 5.41) is 0. The van der Waals surface area contributed by atoms with Crippen molar-refractivity contribution >= 4 is 37.8 Å². The van der Waals surface area contributed by atoms with Crippen molar-refractivity contribution in [1.29, 1.82) is 0 Å². The minimum atomic E-state index is -0.260. The summed E-state index contributed by atoms with van der Waals surface area (Å²) in [5.41, 5.74) is 0.427. The quantitative estimate of drug-likeness (QED) is 0.751. The Kier molecular flexibility index (Phi) is 4.14. The molecule has 2 rings (SSSR count). The molecule has 0 atom stereocenters. The van der Waals surface area contributed by atoms with Crippen molar-refractivity contribution in [2.75, 3.05) is 19.8 Å². The molecule has 0 aromatic heterocycles. The molecule has 1 fully saturated rings. The van der Waals surface area contributed by atoms with E-state index in [0.29, 0.717) is 25.3 Å². The molecule has 3 nitrogen and oxygen atoms in total. The lowest BCUT2D eigenvalue weighted by Gasteiger charge is -2.42. The molecule has 98 valence electrons. The number of hydrogen-bond acceptors (Lipinski definition) is 2. The van der Waals surface area contributed by atoms with E-state index >= 15 is 0 Å². The first-order valence-corrected chi connectivity index (χ1v) is 7.34. The molecular weight excluding hydrogens is 362 g/mol. The largest absolute Gasteiger partial charge is 0.377 e. The molecular formula is C13H15Br2NO2. The van der Waals surface area contributed by atoms with Gasteiger partial charge < -0.3 is 9.64 Å². The van der Waals surface area contributed by atoms with Gasteiger partial charge in [0.15, 0.2) is 0 Å². The lowest BCUT2D eigenvalue weighted by molar-refractivity contribution is -0.0370. The highest BCUT2D eigenvalue weighted by Gasteiger charge is 2.34. The number of nitrogens with zero attached hydrogens (tertiary/aromatic N) is 1. The van der Waals surface area contributed by atoms with Gasteiger partial charge in [-0.1, -0.05) is 31.9 Å². The van der Waals surface area contributed by atoms with Crippen molar-refractivity contribution in [3.05, 3.63) is 32.7 Å². The van der Waals surface area contributed by atoms with Crippen LogP contribution in [0, 0.1) is 0 Å². The predicted octanol–water partition coefficient (Wildman–Crippen LogP) is 3.46. The number of hydrogen-bond donors (Lipinski definition) is 0. The number of halogens is 2. The molecule has 18 heavy (non-hydrogen) atoms. The van der Waals surface area contributed by atoms with E-state index in [1.54, 1.807) is 0 Å². The molecule has 5 heteroatoms. The number of ether oxygens (including phenoxy) is 1. The van der Waals surface area contributed by atoms with Crippen LogP contribution in [0.1, 0.15) is 24.2 Å². The molecule has 0 aliphatic carbocycles. The van der Waals surface area contributed by atoms with E-state index in [4.69, 9.17) is 4.74 Å². The standard InChI is InChI=1S/C13H15Br2NO2/c1-13(2)8-18-4-3-16(13)12(17)9-5-10(14)7-11(15)6-9/h5-7H,3-4,8H2,1-2H3. The summed E-state index contributed by atoms with van der Waals surface area (Å²) >= 11 is 6.82. The molecule has 1 aliphatic rings. The van der Waals surface area contributed by atoms with Gasteiger partial charge in [-0.2, -0.15) is 0 Å². The molecule has 1 aromatic rings. The number of benzene rings is 1. The van der Waals surface area contributed by atoms with Crippen molar-refractivity contribution < 1.29 is 9.53 Å². The summed E-state index contributed by atoms with van der Waals surface area (Å²) in [5.74, 6) is 0.0466. The van der Waals surface area contributed by atoms with Crippen molar-refractivity contribution in [3.63, 3.8) is 0 Å². The molecule has 0 radical (unpaired) electrons. The van der Waals surface area contributed by atoms with Gasteiger partial charge in [0.25, 0.3) is 5.91 Å². The van der Waals surface area contributed by atoms with E-state index in [2.05, 4.69) is 31.9 Å². The van der Waals surface area contributed by atoms with Gasteiger partial charge in [-0.05, 0) is 32.0 Å². The number of carbonyl (C=O) groups is 1. The third-order valence-corrected chi connectivity index (χ3v) is 3.92. The first kappa shape index (κ1) is 14.0. The average Bonchev–Trinajstić information content (AvgIpc) is 2.26. The zero-order chi connectivity index (χ0) is 13.3. The van der Waals surface area contributed by atoms with Gasteiger partial charge in [0.2, 0.25) is 0 Å². The maximum absolute atomic E-state index is 12.5. The van der Waals surface area contributed by atoms with Crippen molar-refractivity contribution in [2.45, 2.75) is 19.4 Å². The Morgan fingerprint density at radius 3 is 2.44 bits per heavy atom. The monoisotopic (exact) mass is 375 g/mol. The van der Waals surface area contributed by atoms with Crippen LogP contribution in [0.3, 0.4) is 0 Å². The number of morpholine rings is 1. The molecule has 0 bridgehead atoms. The zero-order valence-corrected chi connectivity index (χ0v) is 13.5. The smallest absolute Gasteiger partial charge is 0.254 e. The SMILES string of the molecule is CC1(C)COCCN1C(=O)c1cc(Br)cc(Br)c1. The Hall–Kier alpha value is -0.390. The summed E-state index contributed by atoms with van der Waals surface area (Å²) in [7, 11) is 0. The van der Waals surface area contributed by atoms with Crippen LogP contribution < -0.4 is 0 Å². The van der Waals surface area contributed by atoms with Gasteiger partial charge in [0.05, 0.1) is 18.8 Å². The van der Waals surface area contributed by atoms with E-state index in [-0.39, 0.29) is 11.4 Å². The van der Waals surface area contributed by atoms with Crippen LogP contribution >= 0.6 is 31.9 Å². The molecule has 1 heterocycles. The van der Waals surface area contributed by atoms with Crippen molar-refractivity contribution in [2.24, 2.45) is 0 Å². The first-order chi connectivity index (χ1) is 8.40. The Morgan fingerprint density at radius 1 is 1.28 bits per heavy atom. The molecule has 1 aromatic carbocycles. The highest BCUT2D eigenvalue weighted by Crippen LogP contribution is 2.25. The fourth-order valence-corrected chi connectivity index (χ4v) is 3.36. The lowest BCUT2D eigenvalue weighted by atomic mass is 10.0. The third-order valence-electron chi connectivity index (χ3n) is 3.00. The molecule has 1 aliphatic heterocycles. The van der Waals surface area contributed by atoms with E-state index in [1.807, 2.05) is 36.9 Å². The molecule has 0 unspecified atom stereocenters. The predicted molar refractivity (Wildman–Crippen MR) is 77.8 cm³/mol. The van der Waals surface area contributed by atoms with Crippen molar-refractivity contribution in [1.82, 2.24) is 4.90 Å². The van der Waals surface area contributed by atoms with Crippen LogP contribution in [0.4, 0.5) is 0 Å². The van der Waals surface area contributed by atoms with Gasteiger partial charge in [-0.15, -0.1) is 0 Å². The normalized spacial score (nSPS) is 18.8. The van der Waals surface area contributed by atoms with E-state index in [9.17, 15) is 4.79 Å². The summed E-state index contributed by atoms with van der Waals surface area (Å²) in [6, 6.07) is 5.61. The van der Waals surface area contributed by atoms with Crippen molar-refractivity contribution in [3.8, 4) is 0 Å². The molecule has 0 spiro atoms.